The van der Waals surface area contributed by atoms with Crippen molar-refractivity contribution in [2.24, 2.45) is 0 Å². The van der Waals surface area contributed by atoms with Gasteiger partial charge in [-0.3, -0.25) is 0 Å². The van der Waals surface area contributed by atoms with Crippen LogP contribution < -0.4 is 10.1 Å². The number of hydrogen-bond donors (Lipinski definition) is 1. The highest BCUT2D eigenvalue weighted by atomic mass is 16.6. The van der Waals surface area contributed by atoms with Gasteiger partial charge in [-0.05, 0) is 70.2 Å². The van der Waals surface area contributed by atoms with Crippen LogP contribution in [0.1, 0.15) is 57.7 Å². The van der Waals surface area contributed by atoms with E-state index in [1.165, 1.54) is 17.5 Å². The van der Waals surface area contributed by atoms with E-state index in [1.54, 1.807) is 19.1 Å². The van der Waals surface area contributed by atoms with Gasteiger partial charge < -0.3 is 19.7 Å². The summed E-state index contributed by atoms with van der Waals surface area (Å²) in [6, 6.07) is 6.67. The number of rotatable bonds is 5. The molecule has 0 heterocycles. The quantitative estimate of drug-likeness (QED) is 0.876. The molecule has 2 atom stereocenters. The summed E-state index contributed by atoms with van der Waals surface area (Å²) >= 11 is 0. The van der Waals surface area contributed by atoms with Crippen LogP contribution in [0.15, 0.2) is 18.2 Å². The summed E-state index contributed by atoms with van der Waals surface area (Å²) in [5, 5.41) is 3.62. The number of hydrogen-bond acceptors (Lipinski definition) is 4. The Morgan fingerprint density at radius 1 is 1.40 bits per heavy atom. The maximum atomic E-state index is 12.2. The Bertz CT molecular complexity index is 595. The second-order valence-corrected chi connectivity index (χ2v) is 7.86. The molecule has 0 radical (unpaired) electrons. The summed E-state index contributed by atoms with van der Waals surface area (Å²) in [6.07, 6.45) is 3.11. The van der Waals surface area contributed by atoms with Crippen LogP contribution in [-0.2, 0) is 11.2 Å². The molecule has 1 aromatic rings. The Hall–Kier alpha value is -1.75. The van der Waals surface area contributed by atoms with Gasteiger partial charge in [-0.2, -0.15) is 0 Å². The van der Waals surface area contributed by atoms with E-state index in [-0.39, 0.29) is 12.1 Å². The zero-order valence-electron chi connectivity index (χ0n) is 16.4. The van der Waals surface area contributed by atoms with Crippen molar-refractivity contribution in [3.05, 3.63) is 29.3 Å². The smallest absolute Gasteiger partial charge is 0.410 e. The normalized spacial score (nSPS) is 18.2. The predicted octanol–water partition coefficient (Wildman–Crippen LogP) is 3.92. The number of nitrogens with zero attached hydrogens (tertiary/aromatic N) is 1. The third-order valence-corrected chi connectivity index (χ3v) is 4.67. The van der Waals surface area contributed by atoms with E-state index in [1.807, 2.05) is 33.8 Å². The van der Waals surface area contributed by atoms with E-state index < -0.39 is 5.60 Å². The van der Waals surface area contributed by atoms with Crippen molar-refractivity contribution in [1.82, 2.24) is 10.2 Å². The number of carbonyl (C=O) groups excluding carboxylic acids is 1. The molecular weight excluding hydrogens is 316 g/mol. The average Bonchev–Trinajstić information content (AvgIpc) is 2.56. The number of carbonyl (C=O) groups is 1. The topological polar surface area (TPSA) is 50.8 Å². The molecule has 5 heteroatoms. The number of fused-ring (bicyclic) bond motifs is 1. The van der Waals surface area contributed by atoms with Gasteiger partial charge in [0.05, 0.1) is 7.11 Å². The van der Waals surface area contributed by atoms with Crippen LogP contribution in [0.5, 0.6) is 5.75 Å². The van der Waals surface area contributed by atoms with Crippen molar-refractivity contribution in [2.45, 2.75) is 64.6 Å². The second kappa shape index (κ2) is 8.09. The van der Waals surface area contributed by atoms with Crippen LogP contribution in [0, 0.1) is 0 Å². The number of methoxy groups -OCH3 is 1. The number of nitrogens with one attached hydrogen (secondary N) is 1. The lowest BCUT2D eigenvalue weighted by molar-refractivity contribution is 0.0233. The van der Waals surface area contributed by atoms with E-state index in [2.05, 4.69) is 17.4 Å². The van der Waals surface area contributed by atoms with Gasteiger partial charge in [-0.15, -0.1) is 0 Å². The number of amides is 1. The Labute approximate surface area is 151 Å². The highest BCUT2D eigenvalue weighted by Crippen LogP contribution is 2.32. The zero-order valence-corrected chi connectivity index (χ0v) is 16.4. The van der Waals surface area contributed by atoms with Crippen LogP contribution in [0.4, 0.5) is 4.79 Å². The molecule has 0 aromatic heterocycles. The molecule has 0 fully saturated rings. The standard InChI is InChI=1S/C20H32N2O3/c1-14(22(5)19(23)25-20(2,3)4)13-21-18-9-7-8-15-10-11-16(24-6)12-17(15)18/h10-12,14,18,21H,7-9,13H2,1-6H3. The van der Waals surface area contributed by atoms with Crippen molar-refractivity contribution in [1.29, 1.82) is 0 Å². The maximum Gasteiger partial charge on any atom is 0.410 e. The average molecular weight is 348 g/mol. The van der Waals surface area contributed by atoms with Crippen LogP contribution >= 0.6 is 0 Å². The molecule has 1 aliphatic rings. The molecule has 0 aliphatic heterocycles. The zero-order chi connectivity index (χ0) is 18.6. The molecule has 0 spiro atoms. The van der Waals surface area contributed by atoms with Crippen LogP contribution in [0.3, 0.4) is 0 Å². The Kier molecular flexibility index (Phi) is 6.33. The van der Waals surface area contributed by atoms with E-state index >= 15 is 0 Å². The van der Waals surface area contributed by atoms with Gasteiger partial charge in [0.25, 0.3) is 0 Å². The lowest BCUT2D eigenvalue weighted by Crippen LogP contribution is -2.44. The summed E-state index contributed by atoms with van der Waals surface area (Å²) < 4.78 is 10.8. The third-order valence-electron chi connectivity index (χ3n) is 4.67. The number of likely N-dealkylation sites (N-methyl/N-ethyl adjacent to an activating group) is 1. The first kappa shape index (κ1) is 19.6. The largest absolute Gasteiger partial charge is 0.497 e. The van der Waals surface area contributed by atoms with E-state index in [0.29, 0.717) is 6.04 Å². The van der Waals surface area contributed by atoms with E-state index in [9.17, 15) is 4.79 Å². The van der Waals surface area contributed by atoms with Gasteiger partial charge in [0.1, 0.15) is 11.4 Å². The molecular formula is C20H32N2O3. The number of aryl methyl sites for hydroxylation is 1. The minimum Gasteiger partial charge on any atom is -0.497 e. The molecule has 1 aromatic carbocycles. The van der Waals surface area contributed by atoms with Gasteiger partial charge in [0, 0.05) is 25.7 Å². The fourth-order valence-electron chi connectivity index (χ4n) is 3.08. The lowest BCUT2D eigenvalue weighted by Gasteiger charge is -2.32. The Balaban J connectivity index is 1.96. The minimum atomic E-state index is -0.475. The molecule has 0 saturated carbocycles. The minimum absolute atomic E-state index is 0.0471. The van der Waals surface area contributed by atoms with Gasteiger partial charge in [0.2, 0.25) is 0 Å². The second-order valence-electron chi connectivity index (χ2n) is 7.86. The van der Waals surface area contributed by atoms with Crippen LogP contribution in [-0.4, -0.2) is 43.3 Å². The Morgan fingerprint density at radius 2 is 2.12 bits per heavy atom. The number of ether oxygens (including phenoxy) is 2. The van der Waals surface area contributed by atoms with Crippen LogP contribution in [0.2, 0.25) is 0 Å². The fraction of sp³-hybridized carbons (Fsp3) is 0.650. The summed E-state index contributed by atoms with van der Waals surface area (Å²) in [6.45, 7) is 8.40. The predicted molar refractivity (Wildman–Crippen MR) is 100 cm³/mol. The van der Waals surface area contributed by atoms with E-state index in [4.69, 9.17) is 9.47 Å². The molecule has 0 bridgehead atoms. The highest BCUT2D eigenvalue weighted by molar-refractivity contribution is 5.68. The van der Waals surface area contributed by atoms with Crippen molar-refractivity contribution in [3.63, 3.8) is 0 Å². The summed E-state index contributed by atoms with van der Waals surface area (Å²) in [4.78, 5) is 13.9. The Morgan fingerprint density at radius 3 is 2.76 bits per heavy atom. The molecule has 0 saturated heterocycles. The highest BCUT2D eigenvalue weighted by Gasteiger charge is 2.25. The van der Waals surface area contributed by atoms with Gasteiger partial charge in [0.15, 0.2) is 0 Å². The van der Waals surface area contributed by atoms with Crippen molar-refractivity contribution in [3.8, 4) is 5.75 Å². The van der Waals surface area contributed by atoms with Crippen molar-refractivity contribution < 1.29 is 14.3 Å². The number of benzene rings is 1. The fourth-order valence-corrected chi connectivity index (χ4v) is 3.08. The molecule has 1 amide bonds. The van der Waals surface area contributed by atoms with Gasteiger partial charge >= 0.3 is 6.09 Å². The van der Waals surface area contributed by atoms with Crippen LogP contribution in [0.25, 0.3) is 0 Å². The molecule has 1 aliphatic carbocycles. The monoisotopic (exact) mass is 348 g/mol. The summed E-state index contributed by atoms with van der Waals surface area (Å²) in [7, 11) is 3.49. The van der Waals surface area contributed by atoms with Gasteiger partial charge in [-0.25, -0.2) is 4.79 Å². The molecule has 2 rings (SSSR count). The van der Waals surface area contributed by atoms with Gasteiger partial charge in [-0.1, -0.05) is 6.07 Å². The van der Waals surface area contributed by atoms with E-state index in [0.717, 1.165) is 25.1 Å². The third kappa shape index (κ3) is 5.36. The molecule has 5 nitrogen and oxygen atoms in total. The van der Waals surface area contributed by atoms with Crippen molar-refractivity contribution in [2.75, 3.05) is 20.7 Å². The summed E-state index contributed by atoms with van der Waals surface area (Å²) in [5.41, 5.74) is 2.23. The molecule has 140 valence electrons. The summed E-state index contributed by atoms with van der Waals surface area (Å²) in [5.74, 6) is 0.895. The molecule has 2 unspecified atom stereocenters. The molecule has 25 heavy (non-hydrogen) atoms. The molecule has 1 N–H and O–H groups in total. The first-order valence-corrected chi connectivity index (χ1v) is 9.07. The first-order valence-electron chi connectivity index (χ1n) is 9.07. The first-order chi connectivity index (χ1) is 11.7. The maximum absolute atomic E-state index is 12.2. The lowest BCUT2D eigenvalue weighted by atomic mass is 9.87. The van der Waals surface area contributed by atoms with Crippen molar-refractivity contribution >= 4 is 6.09 Å². The SMILES string of the molecule is COc1ccc2c(c1)C(NCC(C)N(C)C(=O)OC(C)(C)C)CCC2.